The molecule has 0 heterocycles. The number of aryl methyl sites for hydroxylation is 1. The minimum atomic E-state index is 0.693. The van der Waals surface area contributed by atoms with Crippen LogP contribution >= 0.6 is 0 Å². The van der Waals surface area contributed by atoms with Crippen LogP contribution in [0.1, 0.15) is 42.7 Å². The summed E-state index contributed by atoms with van der Waals surface area (Å²) in [7, 11) is 0. The number of hydrogen-bond acceptors (Lipinski definition) is 1. The number of benzene rings is 1. The molecule has 0 saturated heterocycles. The summed E-state index contributed by atoms with van der Waals surface area (Å²) in [6, 6.07) is 8.67. The van der Waals surface area contributed by atoms with Crippen LogP contribution in [-0.4, -0.2) is 6.29 Å². The number of aldehydes is 1. The molecule has 0 amide bonds. The average Bonchev–Trinajstić information content (AvgIpc) is 3.03. The van der Waals surface area contributed by atoms with Gasteiger partial charge in [0.05, 0.1) is 0 Å². The third-order valence-electron chi connectivity index (χ3n) is 2.84. The van der Waals surface area contributed by atoms with Gasteiger partial charge in [0.25, 0.3) is 0 Å². The molecule has 0 N–H and O–H groups in total. The first-order chi connectivity index (χ1) is 6.92. The van der Waals surface area contributed by atoms with Crippen molar-refractivity contribution in [1.82, 2.24) is 0 Å². The van der Waals surface area contributed by atoms with Gasteiger partial charge in [-0.3, -0.25) is 0 Å². The maximum absolute atomic E-state index is 10.2. The van der Waals surface area contributed by atoms with Crippen LogP contribution in [0.5, 0.6) is 0 Å². The molecule has 0 atom stereocenters. The van der Waals surface area contributed by atoms with Gasteiger partial charge in [-0.05, 0) is 42.7 Å². The Morgan fingerprint density at radius 2 is 2.07 bits per heavy atom. The van der Waals surface area contributed by atoms with E-state index < -0.39 is 0 Å². The van der Waals surface area contributed by atoms with Gasteiger partial charge >= 0.3 is 0 Å². The van der Waals surface area contributed by atoms with Gasteiger partial charge in [-0.15, -0.1) is 0 Å². The first kappa shape index (κ1) is 9.45. The molecular formula is C13H16O. The standard InChI is InChI=1S/C13H16O/c14-10-4-3-6-11-5-1-2-7-13(11)12-8-9-12/h1-2,5,7,10,12H,3-4,6,8-9H2. The minimum absolute atomic E-state index is 0.693. The van der Waals surface area contributed by atoms with Crippen molar-refractivity contribution in [3.63, 3.8) is 0 Å². The Bertz CT molecular complexity index is 313. The smallest absolute Gasteiger partial charge is 0.120 e. The van der Waals surface area contributed by atoms with Crippen molar-refractivity contribution >= 4 is 6.29 Å². The Labute approximate surface area is 85.1 Å². The second kappa shape index (κ2) is 4.41. The molecule has 0 unspecified atom stereocenters. The van der Waals surface area contributed by atoms with E-state index in [1.165, 1.54) is 24.0 Å². The summed E-state index contributed by atoms with van der Waals surface area (Å²) in [5, 5.41) is 0. The van der Waals surface area contributed by atoms with Gasteiger partial charge < -0.3 is 4.79 Å². The largest absolute Gasteiger partial charge is 0.303 e. The Morgan fingerprint density at radius 3 is 2.79 bits per heavy atom. The second-order valence-electron chi connectivity index (χ2n) is 4.03. The monoisotopic (exact) mass is 188 g/mol. The molecule has 0 radical (unpaired) electrons. The van der Waals surface area contributed by atoms with Crippen LogP contribution in [0.3, 0.4) is 0 Å². The van der Waals surface area contributed by atoms with E-state index in [0.29, 0.717) is 6.42 Å². The van der Waals surface area contributed by atoms with E-state index in [1.807, 2.05) is 0 Å². The van der Waals surface area contributed by atoms with Crippen LogP contribution in [0.4, 0.5) is 0 Å². The van der Waals surface area contributed by atoms with Crippen molar-refractivity contribution in [1.29, 1.82) is 0 Å². The van der Waals surface area contributed by atoms with E-state index in [2.05, 4.69) is 24.3 Å². The molecule has 1 aromatic carbocycles. The third kappa shape index (κ3) is 2.22. The molecule has 1 heteroatoms. The van der Waals surface area contributed by atoms with E-state index in [1.54, 1.807) is 0 Å². The molecule has 0 aliphatic heterocycles. The Hall–Kier alpha value is -1.11. The molecule has 1 saturated carbocycles. The Morgan fingerprint density at radius 1 is 1.29 bits per heavy atom. The quantitative estimate of drug-likeness (QED) is 0.512. The zero-order valence-corrected chi connectivity index (χ0v) is 8.41. The lowest BCUT2D eigenvalue weighted by atomic mass is 9.99. The summed E-state index contributed by atoms with van der Waals surface area (Å²) in [6.45, 7) is 0. The van der Waals surface area contributed by atoms with Gasteiger partial charge in [0.15, 0.2) is 0 Å². The maximum Gasteiger partial charge on any atom is 0.120 e. The SMILES string of the molecule is O=CCCCc1ccccc1C1CC1. The van der Waals surface area contributed by atoms with Gasteiger partial charge in [0, 0.05) is 6.42 Å². The van der Waals surface area contributed by atoms with Gasteiger partial charge in [-0.2, -0.15) is 0 Å². The number of rotatable bonds is 5. The van der Waals surface area contributed by atoms with Crippen LogP contribution in [0.2, 0.25) is 0 Å². The first-order valence-electron chi connectivity index (χ1n) is 5.43. The summed E-state index contributed by atoms with van der Waals surface area (Å²) in [5.74, 6) is 0.822. The second-order valence-corrected chi connectivity index (χ2v) is 4.03. The summed E-state index contributed by atoms with van der Waals surface area (Å²) < 4.78 is 0. The van der Waals surface area contributed by atoms with Crippen LogP contribution in [0.25, 0.3) is 0 Å². The van der Waals surface area contributed by atoms with Crippen LogP contribution < -0.4 is 0 Å². The Kier molecular flexibility index (Phi) is 2.97. The molecule has 2 rings (SSSR count). The van der Waals surface area contributed by atoms with E-state index in [0.717, 1.165) is 25.0 Å². The molecule has 0 aromatic heterocycles. The number of unbranched alkanes of at least 4 members (excludes halogenated alkanes) is 1. The predicted molar refractivity (Wildman–Crippen MR) is 57.4 cm³/mol. The van der Waals surface area contributed by atoms with E-state index >= 15 is 0 Å². The highest BCUT2D eigenvalue weighted by atomic mass is 16.1. The normalized spacial score (nSPS) is 15.4. The highest BCUT2D eigenvalue weighted by Gasteiger charge is 2.25. The summed E-state index contributed by atoms with van der Waals surface area (Å²) in [4.78, 5) is 10.2. The molecule has 1 aromatic rings. The summed E-state index contributed by atoms with van der Waals surface area (Å²) >= 11 is 0. The van der Waals surface area contributed by atoms with Crippen molar-refractivity contribution in [3.8, 4) is 0 Å². The molecule has 74 valence electrons. The van der Waals surface area contributed by atoms with E-state index in [9.17, 15) is 4.79 Å². The zero-order valence-electron chi connectivity index (χ0n) is 8.41. The average molecular weight is 188 g/mol. The van der Waals surface area contributed by atoms with Crippen LogP contribution in [0, 0.1) is 0 Å². The van der Waals surface area contributed by atoms with Crippen molar-refractivity contribution in [2.45, 2.75) is 38.0 Å². The van der Waals surface area contributed by atoms with E-state index in [4.69, 9.17) is 0 Å². The fourth-order valence-electron chi connectivity index (χ4n) is 1.93. The molecule has 1 fully saturated rings. The number of carbonyl (C=O) groups excluding carboxylic acids is 1. The van der Waals surface area contributed by atoms with Crippen molar-refractivity contribution in [2.75, 3.05) is 0 Å². The number of carbonyl (C=O) groups is 1. The van der Waals surface area contributed by atoms with Crippen molar-refractivity contribution < 1.29 is 4.79 Å². The number of hydrogen-bond donors (Lipinski definition) is 0. The summed E-state index contributed by atoms with van der Waals surface area (Å²) in [5.41, 5.74) is 2.98. The topological polar surface area (TPSA) is 17.1 Å². The molecule has 1 nitrogen and oxygen atoms in total. The lowest BCUT2D eigenvalue weighted by molar-refractivity contribution is -0.107. The van der Waals surface area contributed by atoms with Gasteiger partial charge in [0.2, 0.25) is 0 Å². The minimum Gasteiger partial charge on any atom is -0.303 e. The molecule has 0 bridgehead atoms. The molecule has 0 spiro atoms. The molecule has 1 aliphatic rings. The molecule has 1 aliphatic carbocycles. The fourth-order valence-corrected chi connectivity index (χ4v) is 1.93. The predicted octanol–water partition coefficient (Wildman–Crippen LogP) is 3.09. The van der Waals surface area contributed by atoms with Crippen molar-refractivity contribution in [3.05, 3.63) is 35.4 Å². The molecule has 14 heavy (non-hydrogen) atoms. The van der Waals surface area contributed by atoms with Crippen LogP contribution in [0.15, 0.2) is 24.3 Å². The Balaban J connectivity index is 2.03. The van der Waals surface area contributed by atoms with Gasteiger partial charge in [0.1, 0.15) is 6.29 Å². The lowest BCUT2D eigenvalue weighted by Crippen LogP contribution is -1.92. The highest BCUT2D eigenvalue weighted by Crippen LogP contribution is 2.41. The molecular weight excluding hydrogens is 172 g/mol. The highest BCUT2D eigenvalue weighted by molar-refractivity contribution is 5.49. The van der Waals surface area contributed by atoms with Crippen molar-refractivity contribution in [2.24, 2.45) is 0 Å². The van der Waals surface area contributed by atoms with Gasteiger partial charge in [-0.1, -0.05) is 24.3 Å². The zero-order chi connectivity index (χ0) is 9.80. The maximum atomic E-state index is 10.2. The first-order valence-corrected chi connectivity index (χ1v) is 5.43. The van der Waals surface area contributed by atoms with Gasteiger partial charge in [-0.25, -0.2) is 0 Å². The third-order valence-corrected chi connectivity index (χ3v) is 2.84. The fraction of sp³-hybridized carbons (Fsp3) is 0.462. The van der Waals surface area contributed by atoms with E-state index in [-0.39, 0.29) is 0 Å². The summed E-state index contributed by atoms with van der Waals surface area (Å²) in [6.07, 6.45) is 6.47. The lowest BCUT2D eigenvalue weighted by Gasteiger charge is -2.06. The van der Waals surface area contributed by atoms with Crippen LogP contribution in [-0.2, 0) is 11.2 Å².